The van der Waals surface area contributed by atoms with E-state index in [4.69, 9.17) is 10.6 Å². The third-order valence-electron chi connectivity index (χ3n) is 6.30. The van der Waals surface area contributed by atoms with Crippen molar-refractivity contribution in [3.8, 4) is 0 Å². The lowest BCUT2D eigenvalue weighted by molar-refractivity contribution is -0.688. The molecule has 0 aliphatic carbocycles. The minimum atomic E-state index is -1.47. The summed E-state index contributed by atoms with van der Waals surface area (Å²) in [5.41, 5.74) is 7.50. The number of pyridine rings is 1. The lowest BCUT2D eigenvalue weighted by Crippen LogP contribution is -2.73. The zero-order chi connectivity index (χ0) is 28.2. The van der Waals surface area contributed by atoms with Crippen LogP contribution in [0.25, 0.3) is 6.08 Å². The van der Waals surface area contributed by atoms with Crippen molar-refractivity contribution in [1.82, 2.24) is 15.2 Å². The van der Waals surface area contributed by atoms with Gasteiger partial charge in [0.25, 0.3) is 11.8 Å². The molecule has 2 amide bonds. The number of carbonyl (C=O) groups excluding carboxylic acids is 3. The Labute approximate surface area is 237 Å². The zero-order valence-electron chi connectivity index (χ0n) is 21.2. The zero-order valence-corrected chi connectivity index (χ0v) is 22.9. The first-order valence-electron chi connectivity index (χ1n) is 12.1. The molecule has 4 heterocycles. The highest BCUT2D eigenvalue weighted by molar-refractivity contribution is 8.03. The van der Waals surface area contributed by atoms with Gasteiger partial charge in [0, 0.05) is 33.7 Å². The summed E-state index contributed by atoms with van der Waals surface area (Å²) in [6.45, 7) is 0.730. The Hall–Kier alpha value is -4.49. The van der Waals surface area contributed by atoms with E-state index in [-0.39, 0.29) is 22.2 Å². The molecule has 2 atom stereocenters. The summed E-state index contributed by atoms with van der Waals surface area (Å²) in [5, 5.41) is 20.2. The van der Waals surface area contributed by atoms with E-state index in [2.05, 4.69) is 20.0 Å². The molecule has 2 aliphatic heterocycles. The van der Waals surface area contributed by atoms with Crippen LogP contribution in [0.1, 0.15) is 16.8 Å². The van der Waals surface area contributed by atoms with E-state index >= 15 is 0 Å². The molecule has 2 aromatic heterocycles. The van der Waals surface area contributed by atoms with Crippen LogP contribution >= 0.6 is 23.1 Å². The van der Waals surface area contributed by atoms with Crippen LogP contribution in [0.15, 0.2) is 82.1 Å². The fraction of sp³-hybridized carbons (Fsp3) is 0.185. The van der Waals surface area contributed by atoms with Gasteiger partial charge < -0.3 is 30.7 Å². The maximum Gasteiger partial charge on any atom is 0.276 e. The van der Waals surface area contributed by atoms with Crippen molar-refractivity contribution in [2.24, 2.45) is 5.16 Å². The number of nitrogen functional groups attached to an aromatic ring is 1. The average Bonchev–Trinajstić information content (AvgIpc) is 3.39. The lowest BCUT2D eigenvalue weighted by atomic mass is 9.94. The van der Waals surface area contributed by atoms with Crippen molar-refractivity contribution in [3.05, 3.63) is 93.7 Å². The molecule has 1 fully saturated rings. The van der Waals surface area contributed by atoms with Crippen LogP contribution in [0.5, 0.6) is 0 Å². The number of carbonyl (C=O) groups is 3. The number of amides is 2. The van der Waals surface area contributed by atoms with Gasteiger partial charge in [-0.25, -0.2) is 9.55 Å². The van der Waals surface area contributed by atoms with Gasteiger partial charge in [0.15, 0.2) is 29.8 Å². The summed E-state index contributed by atoms with van der Waals surface area (Å²) in [6, 6.07) is 12.3. The van der Waals surface area contributed by atoms with Gasteiger partial charge in [0.1, 0.15) is 18.8 Å². The van der Waals surface area contributed by atoms with Crippen LogP contribution < -0.4 is 20.7 Å². The van der Waals surface area contributed by atoms with Gasteiger partial charge in [-0.05, 0) is 11.6 Å². The molecule has 0 spiro atoms. The second-order valence-electron chi connectivity index (χ2n) is 8.85. The molecule has 40 heavy (non-hydrogen) atoms. The second kappa shape index (κ2) is 11.7. The number of hydrogen-bond acceptors (Lipinski definition) is 10. The van der Waals surface area contributed by atoms with Gasteiger partial charge >= 0.3 is 0 Å². The summed E-state index contributed by atoms with van der Waals surface area (Å²) in [6.07, 6.45) is 7.45. The summed E-state index contributed by atoms with van der Waals surface area (Å²) in [7, 11) is 1.28. The Morgan fingerprint density at radius 2 is 2.00 bits per heavy atom. The first-order valence-corrected chi connectivity index (χ1v) is 14.0. The number of thioether (sulfide) groups is 1. The highest BCUT2D eigenvalue weighted by Gasteiger charge is 2.52. The average molecular weight is 577 g/mol. The van der Waals surface area contributed by atoms with Gasteiger partial charge in [-0.15, -0.1) is 23.1 Å². The Kier molecular flexibility index (Phi) is 7.94. The van der Waals surface area contributed by atoms with E-state index in [0.717, 1.165) is 29.0 Å². The molecular formula is C27H24N6O5S2. The van der Waals surface area contributed by atoms with Gasteiger partial charge in [-0.1, -0.05) is 41.6 Å². The van der Waals surface area contributed by atoms with E-state index < -0.39 is 29.9 Å². The summed E-state index contributed by atoms with van der Waals surface area (Å²) < 4.78 is 2.07. The highest BCUT2D eigenvalue weighted by Crippen LogP contribution is 2.39. The molecule has 3 N–H and O–H groups in total. The molecule has 2 aliphatic rings. The van der Waals surface area contributed by atoms with Crippen LogP contribution in [-0.2, 0) is 25.8 Å². The SMILES string of the molecule is CO/N=C(/C(=O)N[C@@H]1C(=O)N2C(C(=O)[O-])=C(/C=C/c3ccc(C[n+]4ccccc4)cc3)SC[C@H]12)c1csc(N)n1. The number of nitrogens with two attached hydrogens (primary N) is 1. The van der Waals surface area contributed by atoms with Gasteiger partial charge in [0.05, 0.1) is 17.7 Å². The first kappa shape index (κ1) is 27.1. The third kappa shape index (κ3) is 5.60. The molecule has 3 aromatic rings. The number of allylic oxidation sites excluding steroid dienone is 1. The number of carboxylic acids is 1. The quantitative estimate of drug-likeness (QED) is 0.162. The summed E-state index contributed by atoms with van der Waals surface area (Å²) >= 11 is 2.41. The molecular weight excluding hydrogens is 552 g/mol. The van der Waals surface area contributed by atoms with Crippen molar-refractivity contribution < 1.29 is 28.9 Å². The maximum absolute atomic E-state index is 13.0. The van der Waals surface area contributed by atoms with Crippen molar-refractivity contribution in [3.63, 3.8) is 0 Å². The van der Waals surface area contributed by atoms with E-state index in [0.29, 0.717) is 10.7 Å². The fourth-order valence-electron chi connectivity index (χ4n) is 4.40. The maximum atomic E-state index is 13.0. The van der Waals surface area contributed by atoms with E-state index in [9.17, 15) is 19.5 Å². The Morgan fingerprint density at radius 3 is 2.65 bits per heavy atom. The number of hydrogen-bond donors (Lipinski definition) is 2. The largest absolute Gasteiger partial charge is 0.543 e. The van der Waals surface area contributed by atoms with Crippen LogP contribution in [0.4, 0.5) is 5.13 Å². The number of oxime groups is 1. The minimum absolute atomic E-state index is 0.141. The highest BCUT2D eigenvalue weighted by atomic mass is 32.2. The first-order chi connectivity index (χ1) is 19.4. The number of β-lactam (4-membered cyclic amide) rings is 1. The molecule has 204 valence electrons. The molecule has 5 rings (SSSR count). The van der Waals surface area contributed by atoms with Crippen LogP contribution in [-0.4, -0.2) is 58.3 Å². The molecule has 0 bridgehead atoms. The third-order valence-corrected chi connectivity index (χ3v) is 8.12. The number of carboxylic acid groups (broad SMARTS) is 1. The Balaban J connectivity index is 1.29. The van der Waals surface area contributed by atoms with Crippen LogP contribution in [0.2, 0.25) is 0 Å². The van der Waals surface area contributed by atoms with Crippen molar-refractivity contribution in [2.75, 3.05) is 18.6 Å². The van der Waals surface area contributed by atoms with Gasteiger partial charge in [0.2, 0.25) is 0 Å². The normalized spacial score (nSPS) is 18.9. The van der Waals surface area contributed by atoms with Crippen molar-refractivity contribution in [2.45, 2.75) is 18.6 Å². The number of nitrogens with zero attached hydrogens (tertiary/aromatic N) is 4. The number of nitrogens with one attached hydrogen (secondary N) is 1. The lowest BCUT2D eigenvalue weighted by Gasteiger charge is -2.50. The molecule has 1 aromatic carbocycles. The number of benzene rings is 1. The Morgan fingerprint density at radius 1 is 1.25 bits per heavy atom. The molecule has 11 nitrogen and oxygen atoms in total. The monoisotopic (exact) mass is 576 g/mol. The molecule has 0 saturated carbocycles. The second-order valence-corrected chi connectivity index (χ2v) is 10.8. The molecule has 13 heteroatoms. The van der Waals surface area contributed by atoms with Crippen molar-refractivity contribution in [1.29, 1.82) is 0 Å². The fourth-order valence-corrected chi connectivity index (χ4v) is 6.12. The summed E-state index contributed by atoms with van der Waals surface area (Å²) in [5.74, 6) is -2.33. The van der Waals surface area contributed by atoms with Gasteiger partial charge in [-0.3, -0.25) is 9.59 Å². The van der Waals surface area contributed by atoms with E-state index in [1.807, 2.05) is 54.9 Å². The van der Waals surface area contributed by atoms with E-state index in [1.54, 1.807) is 17.5 Å². The number of aromatic nitrogens is 2. The molecule has 0 radical (unpaired) electrons. The van der Waals surface area contributed by atoms with Gasteiger partial charge in [-0.2, -0.15) is 0 Å². The summed E-state index contributed by atoms with van der Waals surface area (Å²) in [4.78, 5) is 48.4. The number of aliphatic carboxylic acids is 1. The number of anilines is 1. The standard InChI is InChI=1S/C27H24N6O5S2/c1-38-31-21(18-14-40-27(28)29-18)24(34)30-22-19-15-39-20(23(26(36)37)33(19)25(22)35)10-9-16-5-7-17(8-6-16)13-32-11-3-2-4-12-32/h2-12,14,19,22H,13,15H2,1H3,(H3-,28,29,30,34,36,37)/b10-9+,31-21+/t19-,22+/m1/s1. The Bertz CT molecular complexity index is 1530. The molecule has 0 unspecified atom stereocenters. The predicted octanol–water partition coefficient (Wildman–Crippen LogP) is 0.529. The molecule has 1 saturated heterocycles. The minimum Gasteiger partial charge on any atom is -0.543 e. The number of thiazole rings is 1. The predicted molar refractivity (Wildman–Crippen MR) is 148 cm³/mol. The van der Waals surface area contributed by atoms with Crippen molar-refractivity contribution >= 4 is 57.8 Å². The van der Waals surface area contributed by atoms with E-state index in [1.165, 1.54) is 23.8 Å². The van der Waals surface area contributed by atoms with Crippen LogP contribution in [0.3, 0.4) is 0 Å². The number of rotatable bonds is 9. The van der Waals surface area contributed by atoms with Crippen LogP contribution in [0, 0.1) is 0 Å². The smallest absolute Gasteiger partial charge is 0.276 e. The topological polar surface area (TPSA) is 154 Å². The number of fused-ring (bicyclic) bond motifs is 1.